The normalized spacial score (nSPS) is 20.8. The van der Waals surface area contributed by atoms with Gasteiger partial charge in [0.2, 0.25) is 0 Å². The molecule has 0 heterocycles. The topological polar surface area (TPSA) is 38.3 Å². The Morgan fingerprint density at radius 1 is 0.931 bits per heavy atom. The maximum absolute atomic E-state index is 12.0. The number of hydrogen-bond acceptors (Lipinski definition) is 2. The molecule has 0 aromatic rings. The number of nitrogens with one attached hydrogen (secondary N) is 1. The number of rotatable bonds is 12. The molecule has 3 nitrogen and oxygen atoms in total. The fraction of sp³-hybridized carbons (Fsp3) is 0.880. The monoisotopic (exact) mass is 515 g/mol. The van der Waals surface area contributed by atoms with E-state index in [2.05, 4.69) is 36.3 Å². The first-order valence-electron chi connectivity index (χ1n) is 12.4. The van der Waals surface area contributed by atoms with Crippen LogP contribution in [0.25, 0.3) is 0 Å². The Morgan fingerprint density at radius 2 is 1.41 bits per heavy atom. The molecule has 1 aliphatic carbocycles. The summed E-state index contributed by atoms with van der Waals surface area (Å²) in [6, 6.07) is 0.281. The van der Waals surface area contributed by atoms with Crippen LogP contribution in [0.2, 0.25) is 13.3 Å². The van der Waals surface area contributed by atoms with Crippen LogP contribution in [0.15, 0.2) is 10.2 Å². The molecule has 1 N–H and O–H groups in total. The van der Waals surface area contributed by atoms with Gasteiger partial charge in [0, 0.05) is 0 Å². The molecule has 0 saturated heterocycles. The summed E-state index contributed by atoms with van der Waals surface area (Å²) in [7, 11) is 0. The van der Waals surface area contributed by atoms with E-state index in [-0.39, 0.29) is 12.1 Å². The molecule has 1 fully saturated rings. The molecule has 0 aromatic carbocycles. The molecule has 1 amide bonds. The van der Waals surface area contributed by atoms with E-state index in [0.717, 1.165) is 12.8 Å². The second-order valence-corrected chi connectivity index (χ2v) is 23.3. The van der Waals surface area contributed by atoms with Gasteiger partial charge in [-0.2, -0.15) is 0 Å². The number of alkyl carbamates (subject to hydrolysis) is 1. The van der Waals surface area contributed by atoms with E-state index in [0.29, 0.717) is 5.92 Å². The zero-order valence-electron chi connectivity index (χ0n) is 20.3. The van der Waals surface area contributed by atoms with E-state index in [4.69, 9.17) is 4.74 Å². The van der Waals surface area contributed by atoms with Gasteiger partial charge in [-0.05, 0) is 0 Å². The van der Waals surface area contributed by atoms with E-state index in [1.165, 1.54) is 51.4 Å². The molecule has 0 spiro atoms. The predicted molar refractivity (Wildman–Crippen MR) is 129 cm³/mol. The van der Waals surface area contributed by atoms with Crippen LogP contribution in [-0.4, -0.2) is 36.1 Å². The van der Waals surface area contributed by atoms with Crippen LogP contribution in [0.4, 0.5) is 4.79 Å². The van der Waals surface area contributed by atoms with Crippen LogP contribution in [0, 0.1) is 5.92 Å². The fourth-order valence-corrected chi connectivity index (χ4v) is 19.0. The van der Waals surface area contributed by atoms with Gasteiger partial charge in [-0.15, -0.1) is 0 Å². The van der Waals surface area contributed by atoms with Crippen LogP contribution in [0.5, 0.6) is 0 Å². The van der Waals surface area contributed by atoms with Gasteiger partial charge in [0.25, 0.3) is 0 Å². The molecule has 29 heavy (non-hydrogen) atoms. The van der Waals surface area contributed by atoms with E-state index in [1.807, 2.05) is 20.8 Å². The fourth-order valence-electron chi connectivity index (χ4n) is 4.48. The van der Waals surface area contributed by atoms with Gasteiger partial charge >= 0.3 is 186 Å². The summed E-state index contributed by atoms with van der Waals surface area (Å²) in [5.41, 5.74) is -0.421. The quantitative estimate of drug-likeness (QED) is 0.268. The molecule has 0 atom stereocenters. The average molecular weight is 514 g/mol. The van der Waals surface area contributed by atoms with Crippen molar-refractivity contribution in [3.63, 3.8) is 0 Å². The Hall–Kier alpha value is -0.191. The number of unbranched alkanes of at least 4 members (excludes halogenated alkanes) is 3. The minimum absolute atomic E-state index is 0.259. The second kappa shape index (κ2) is 14.0. The first kappa shape index (κ1) is 26.8. The van der Waals surface area contributed by atoms with Crippen LogP contribution >= 0.6 is 0 Å². The predicted octanol–water partition coefficient (Wildman–Crippen LogP) is 8.01. The number of carbonyl (C=O) groups excluding carboxylic acids is 1. The van der Waals surface area contributed by atoms with Crippen LogP contribution in [0.1, 0.15) is 106 Å². The Balaban J connectivity index is 2.62. The van der Waals surface area contributed by atoms with Gasteiger partial charge in [-0.3, -0.25) is 0 Å². The van der Waals surface area contributed by atoms with Gasteiger partial charge in [0.1, 0.15) is 0 Å². The first-order valence-corrected chi connectivity index (χ1v) is 20.1. The number of allylic oxidation sites excluding steroid dienone is 1. The van der Waals surface area contributed by atoms with Crippen LogP contribution in [0.3, 0.4) is 0 Å². The summed E-state index contributed by atoms with van der Waals surface area (Å²) in [6.07, 6.45) is 15.3. The Labute approximate surface area is 185 Å². The molecule has 0 bridgehead atoms. The van der Waals surface area contributed by atoms with Crippen molar-refractivity contribution < 1.29 is 9.53 Å². The average Bonchev–Trinajstić information content (AvgIpc) is 2.66. The van der Waals surface area contributed by atoms with Crippen molar-refractivity contribution in [2.45, 2.75) is 131 Å². The van der Waals surface area contributed by atoms with Crippen molar-refractivity contribution in [3.8, 4) is 0 Å². The number of hydrogen-bond donors (Lipinski definition) is 1. The molecule has 1 saturated carbocycles. The SMILES string of the molecule is CCC[CH2][Sn](/[CH]=C/C1CCC(NC(=O)OC(C)(C)C)CC1)([CH2]CCC)[CH2]CCC. The van der Waals surface area contributed by atoms with Crippen molar-refractivity contribution in [3.05, 3.63) is 10.2 Å². The zero-order valence-corrected chi connectivity index (χ0v) is 23.2. The first-order chi connectivity index (χ1) is 13.7. The molecule has 0 aromatic heterocycles. The van der Waals surface area contributed by atoms with E-state index in [1.54, 1.807) is 13.3 Å². The third-order valence-electron chi connectivity index (χ3n) is 6.30. The summed E-state index contributed by atoms with van der Waals surface area (Å²) < 4.78 is 12.9. The number of carbonyl (C=O) groups is 1. The van der Waals surface area contributed by atoms with Gasteiger partial charge in [0.15, 0.2) is 0 Å². The number of ether oxygens (including phenoxy) is 1. The molecule has 1 aliphatic rings. The van der Waals surface area contributed by atoms with E-state index in [9.17, 15) is 4.79 Å². The summed E-state index contributed by atoms with van der Waals surface area (Å²) >= 11 is -2.15. The minimum atomic E-state index is -2.15. The summed E-state index contributed by atoms with van der Waals surface area (Å²) in [6.45, 7) is 12.8. The third kappa shape index (κ3) is 11.7. The van der Waals surface area contributed by atoms with Crippen molar-refractivity contribution in [2.75, 3.05) is 0 Å². The molecule has 1 rings (SSSR count). The van der Waals surface area contributed by atoms with E-state index < -0.39 is 24.0 Å². The van der Waals surface area contributed by atoms with Crippen molar-refractivity contribution >= 4 is 24.5 Å². The molecule has 170 valence electrons. The maximum atomic E-state index is 12.0. The molecule has 0 aliphatic heterocycles. The summed E-state index contributed by atoms with van der Waals surface area (Å²) in [5, 5.41) is 3.08. The Kier molecular flexibility index (Phi) is 12.9. The standard InChI is InChI=1S/C13H22NO2.3C4H9.Sn/c1-5-10-6-8-11(9-7-10)14-12(15)16-13(2,3)4;3*1-3-4-2;/h1,5,10-11H,6-9H2,2-4H3,(H,14,15);3*1,3-4H2,2H3;. The molecule has 0 unspecified atom stereocenters. The van der Waals surface area contributed by atoms with Crippen molar-refractivity contribution in [1.82, 2.24) is 5.32 Å². The van der Waals surface area contributed by atoms with Crippen molar-refractivity contribution in [2.24, 2.45) is 5.92 Å². The van der Waals surface area contributed by atoms with Crippen molar-refractivity contribution in [1.29, 1.82) is 0 Å². The van der Waals surface area contributed by atoms with Crippen LogP contribution in [-0.2, 0) is 4.74 Å². The Morgan fingerprint density at radius 3 is 1.83 bits per heavy atom. The summed E-state index contributed by atoms with van der Waals surface area (Å²) in [5.74, 6) is 0.715. The van der Waals surface area contributed by atoms with Gasteiger partial charge in [-0.25, -0.2) is 0 Å². The zero-order chi connectivity index (χ0) is 21.8. The van der Waals surface area contributed by atoms with Gasteiger partial charge in [-0.1, -0.05) is 0 Å². The van der Waals surface area contributed by atoms with Gasteiger partial charge < -0.3 is 0 Å². The molecule has 4 heteroatoms. The van der Waals surface area contributed by atoms with E-state index >= 15 is 0 Å². The molecular weight excluding hydrogens is 465 g/mol. The third-order valence-corrected chi connectivity index (χ3v) is 20.4. The molecule has 0 radical (unpaired) electrons. The van der Waals surface area contributed by atoms with Gasteiger partial charge in [0.05, 0.1) is 0 Å². The second-order valence-electron chi connectivity index (χ2n) is 10.3. The summed E-state index contributed by atoms with van der Waals surface area (Å²) in [4.78, 5) is 12.0. The Bertz CT molecular complexity index is 454. The van der Waals surface area contributed by atoms with Crippen LogP contribution < -0.4 is 5.32 Å². The number of amides is 1. The molecular formula is C25H49NO2Sn.